The first-order valence-electron chi connectivity index (χ1n) is 8.20. The van der Waals surface area contributed by atoms with Crippen molar-refractivity contribution in [3.63, 3.8) is 0 Å². The second kappa shape index (κ2) is 6.02. The lowest BCUT2D eigenvalue weighted by Gasteiger charge is -2.39. The molecule has 2 atom stereocenters. The fraction of sp³-hybridized carbons (Fsp3) is 0.600. The Labute approximate surface area is 163 Å². The fourth-order valence-corrected chi connectivity index (χ4v) is 6.56. The molecule has 2 heterocycles. The average Bonchev–Trinajstić information content (AvgIpc) is 2.64. The molecule has 0 bridgehead atoms. The summed E-state index contributed by atoms with van der Waals surface area (Å²) in [7, 11) is -8.23. The zero-order valence-electron chi connectivity index (χ0n) is 15.3. The van der Waals surface area contributed by atoms with Crippen molar-refractivity contribution in [1.82, 2.24) is 9.79 Å². The van der Waals surface area contributed by atoms with E-state index >= 15 is 0 Å². The average molecular weight is 438 g/mol. The highest BCUT2D eigenvalue weighted by molar-refractivity contribution is 7.90. The molecule has 2 aliphatic rings. The summed E-state index contributed by atoms with van der Waals surface area (Å²) < 4.78 is 51.3. The van der Waals surface area contributed by atoms with Crippen LogP contribution in [-0.2, 0) is 25.3 Å². The van der Waals surface area contributed by atoms with Gasteiger partial charge in [-0.3, -0.25) is 0 Å². The van der Waals surface area contributed by atoms with Crippen molar-refractivity contribution in [2.75, 3.05) is 5.32 Å². The van der Waals surface area contributed by atoms with Gasteiger partial charge in [-0.25, -0.2) is 22.0 Å². The summed E-state index contributed by atoms with van der Waals surface area (Å²) >= 11 is 6.00. The molecule has 0 aliphatic carbocycles. The normalized spacial score (nSPS) is 29.1. The predicted octanol–water partition coefficient (Wildman–Crippen LogP) is 1.24. The molecule has 2 unspecified atom stereocenters. The zero-order valence-corrected chi connectivity index (χ0v) is 17.7. The number of nitrogens with two attached hydrogens (primary N) is 1. The van der Waals surface area contributed by atoms with Crippen LogP contribution in [0.4, 0.5) is 5.69 Å². The van der Waals surface area contributed by atoms with Crippen molar-refractivity contribution in [3.05, 3.63) is 17.2 Å². The summed E-state index contributed by atoms with van der Waals surface area (Å²) in [6.45, 7) is 7.15. The van der Waals surface area contributed by atoms with Gasteiger partial charge in [-0.1, -0.05) is 11.6 Å². The lowest BCUT2D eigenvalue weighted by molar-refractivity contribution is -0.248. The second-order valence-corrected chi connectivity index (χ2v) is 11.8. The van der Waals surface area contributed by atoms with E-state index in [1.165, 1.54) is 6.07 Å². The molecule has 151 valence electrons. The summed E-state index contributed by atoms with van der Waals surface area (Å²) in [6.07, 6.45) is -0.297. The Morgan fingerprint density at radius 1 is 1.26 bits per heavy atom. The Bertz CT molecular complexity index is 1010. The molecular weight excluding hydrogens is 416 g/mol. The maximum atomic E-state index is 12.8. The summed E-state index contributed by atoms with van der Waals surface area (Å²) in [5.41, 5.74) is -1.32. The number of sulfonamides is 2. The van der Waals surface area contributed by atoms with E-state index < -0.39 is 42.2 Å². The lowest BCUT2D eigenvalue weighted by atomic mass is 9.84. The molecule has 4 N–H and O–H groups in total. The topological polar surface area (TPSA) is 141 Å². The molecule has 1 saturated heterocycles. The molecular formula is C15H22ClN4O5S2. The fourth-order valence-electron chi connectivity index (χ4n) is 4.03. The smallest absolute Gasteiger partial charge is 0.244 e. The molecule has 0 aromatic heterocycles. The lowest BCUT2D eigenvalue weighted by Crippen LogP contribution is -2.55. The number of hydrogen-bond donors (Lipinski definition) is 3. The number of anilines is 1. The maximum absolute atomic E-state index is 12.8. The molecule has 12 heteroatoms. The number of primary sulfonamides is 1. The largest absolute Gasteiger partial charge is 0.367 e. The molecule has 0 spiro atoms. The van der Waals surface area contributed by atoms with E-state index in [9.17, 15) is 22.0 Å². The number of rotatable bonds is 2. The highest BCUT2D eigenvalue weighted by Gasteiger charge is 2.56. The van der Waals surface area contributed by atoms with Crippen LogP contribution in [0.25, 0.3) is 0 Å². The van der Waals surface area contributed by atoms with Crippen LogP contribution in [0.5, 0.6) is 0 Å². The van der Waals surface area contributed by atoms with E-state index in [-0.39, 0.29) is 21.5 Å². The van der Waals surface area contributed by atoms with Gasteiger partial charge in [-0.2, -0.15) is 4.72 Å². The van der Waals surface area contributed by atoms with Crippen molar-refractivity contribution in [2.45, 2.75) is 61.2 Å². The SMILES string of the molecule is CC1(C)CC(C2Nc3cc(Cl)c(S(N)(=O)=O)cc3S(=O)(=O)N2)C(C)(C)N1[O]. The number of hydrogen-bond acceptors (Lipinski definition) is 6. The molecule has 1 aromatic rings. The first-order chi connectivity index (χ1) is 12.1. The van der Waals surface area contributed by atoms with Crippen molar-refractivity contribution in [1.29, 1.82) is 0 Å². The van der Waals surface area contributed by atoms with Crippen LogP contribution in [-0.4, -0.2) is 39.1 Å². The molecule has 1 fully saturated rings. The van der Waals surface area contributed by atoms with Crippen LogP contribution in [0.1, 0.15) is 34.1 Å². The van der Waals surface area contributed by atoms with Gasteiger partial charge in [0.15, 0.2) is 0 Å². The van der Waals surface area contributed by atoms with Crippen molar-refractivity contribution < 1.29 is 22.0 Å². The van der Waals surface area contributed by atoms with Gasteiger partial charge in [0.25, 0.3) is 0 Å². The minimum absolute atomic E-state index is 0.161. The number of nitrogens with zero attached hydrogens (tertiary/aromatic N) is 1. The maximum Gasteiger partial charge on any atom is 0.244 e. The zero-order chi connectivity index (χ0) is 20.6. The van der Waals surface area contributed by atoms with Gasteiger partial charge in [0.2, 0.25) is 20.0 Å². The molecule has 2 aliphatic heterocycles. The highest BCUT2D eigenvalue weighted by atomic mass is 35.5. The van der Waals surface area contributed by atoms with Crippen LogP contribution in [0.3, 0.4) is 0 Å². The van der Waals surface area contributed by atoms with Gasteiger partial charge in [-0.05, 0) is 46.2 Å². The van der Waals surface area contributed by atoms with Gasteiger partial charge < -0.3 is 5.32 Å². The third kappa shape index (κ3) is 3.35. The Morgan fingerprint density at radius 3 is 2.33 bits per heavy atom. The second-order valence-electron chi connectivity index (χ2n) is 8.14. The van der Waals surface area contributed by atoms with Gasteiger partial charge in [-0.15, -0.1) is 10.3 Å². The Kier molecular flexibility index (Phi) is 4.63. The Hall–Kier alpha value is -0.950. The number of nitrogens with one attached hydrogen (secondary N) is 2. The van der Waals surface area contributed by atoms with E-state index in [2.05, 4.69) is 10.0 Å². The molecule has 1 aromatic carbocycles. The van der Waals surface area contributed by atoms with Gasteiger partial charge in [0, 0.05) is 11.5 Å². The molecule has 0 saturated carbocycles. The summed E-state index contributed by atoms with van der Waals surface area (Å²) in [6, 6.07) is 2.16. The van der Waals surface area contributed by atoms with Gasteiger partial charge in [0.05, 0.1) is 22.4 Å². The molecule has 1 radical (unpaired) electrons. The number of halogens is 1. The van der Waals surface area contributed by atoms with E-state index in [1.807, 2.05) is 13.8 Å². The molecule has 27 heavy (non-hydrogen) atoms. The Morgan fingerprint density at radius 2 is 1.85 bits per heavy atom. The minimum atomic E-state index is -4.19. The van der Waals surface area contributed by atoms with Crippen LogP contribution in [0.2, 0.25) is 5.02 Å². The summed E-state index contributed by atoms with van der Waals surface area (Å²) in [4.78, 5) is -0.733. The van der Waals surface area contributed by atoms with Crippen LogP contribution in [0, 0.1) is 5.92 Å². The predicted molar refractivity (Wildman–Crippen MR) is 99.3 cm³/mol. The molecule has 3 rings (SSSR count). The monoisotopic (exact) mass is 437 g/mol. The van der Waals surface area contributed by atoms with Crippen molar-refractivity contribution >= 4 is 37.3 Å². The summed E-state index contributed by atoms with van der Waals surface area (Å²) in [5, 5.41) is 21.6. The standard InChI is InChI=1S/C15H22ClN4O5S2/c1-14(2)7-8(15(3,4)20(14)21)13-18-10-5-9(16)11(26(17,22)23)6-12(10)27(24,25)19-13/h5-6,8,13,18-19H,7H2,1-4H3,(H2,17,22,23). The minimum Gasteiger partial charge on any atom is -0.367 e. The highest BCUT2D eigenvalue weighted by Crippen LogP contribution is 2.47. The third-order valence-corrected chi connectivity index (χ3v) is 8.18. The Balaban J connectivity index is 2.07. The summed E-state index contributed by atoms with van der Waals surface area (Å²) in [5.74, 6) is -0.343. The van der Waals surface area contributed by atoms with E-state index in [0.717, 1.165) is 11.1 Å². The van der Waals surface area contributed by atoms with Gasteiger partial charge in [0.1, 0.15) is 9.79 Å². The first-order valence-corrected chi connectivity index (χ1v) is 11.6. The van der Waals surface area contributed by atoms with E-state index in [1.54, 1.807) is 13.8 Å². The van der Waals surface area contributed by atoms with Gasteiger partial charge >= 0.3 is 0 Å². The van der Waals surface area contributed by atoms with E-state index in [0.29, 0.717) is 6.42 Å². The number of hydroxylamine groups is 2. The van der Waals surface area contributed by atoms with Crippen LogP contribution >= 0.6 is 11.6 Å². The van der Waals surface area contributed by atoms with E-state index in [4.69, 9.17) is 16.7 Å². The van der Waals surface area contributed by atoms with Crippen molar-refractivity contribution in [2.24, 2.45) is 11.1 Å². The first kappa shape index (κ1) is 20.8. The third-order valence-electron chi connectivity index (χ3n) is 5.33. The number of fused-ring (bicyclic) bond motifs is 1. The van der Waals surface area contributed by atoms with Crippen LogP contribution in [0.15, 0.2) is 21.9 Å². The van der Waals surface area contributed by atoms with Crippen molar-refractivity contribution in [3.8, 4) is 0 Å². The van der Waals surface area contributed by atoms with Crippen LogP contribution < -0.4 is 15.2 Å². The quantitative estimate of drug-likeness (QED) is 0.635. The number of benzene rings is 1. The molecule has 9 nitrogen and oxygen atoms in total. The molecule has 0 amide bonds.